The molecule has 2 aliphatic rings. The van der Waals surface area contributed by atoms with E-state index in [0.29, 0.717) is 11.2 Å². The number of nitrogens with zero attached hydrogens (tertiary/aromatic N) is 4. The molecule has 0 aromatic carbocycles. The number of carbonyl (C=O) groups excluding carboxylic acids is 1. The number of rotatable bonds is 5. The van der Waals surface area contributed by atoms with Crippen molar-refractivity contribution in [2.24, 2.45) is 5.73 Å². The van der Waals surface area contributed by atoms with Crippen molar-refractivity contribution in [3.05, 3.63) is 24.2 Å². The monoisotopic (exact) mass is 479 g/mol. The minimum atomic E-state index is -3.99. The minimum Gasteiger partial charge on any atom is -0.462 e. The quantitative estimate of drug-likeness (QED) is 0.400. The van der Waals surface area contributed by atoms with Gasteiger partial charge < -0.3 is 20.9 Å². The van der Waals surface area contributed by atoms with Crippen LogP contribution in [0.2, 0.25) is 0 Å². The van der Waals surface area contributed by atoms with Gasteiger partial charge in [0.25, 0.3) is 0 Å². The summed E-state index contributed by atoms with van der Waals surface area (Å²) in [5, 5.41) is 16.9. The van der Waals surface area contributed by atoms with Gasteiger partial charge in [0.1, 0.15) is 30.1 Å². The van der Waals surface area contributed by atoms with E-state index >= 15 is 0 Å². The van der Waals surface area contributed by atoms with E-state index in [2.05, 4.69) is 21.2 Å². The molecule has 33 heavy (non-hydrogen) atoms. The molecule has 0 aliphatic carbocycles. The van der Waals surface area contributed by atoms with Gasteiger partial charge in [-0.25, -0.2) is 19.2 Å². The second kappa shape index (κ2) is 8.64. The van der Waals surface area contributed by atoms with Gasteiger partial charge in [-0.15, -0.1) is 0 Å². The number of nitrogen functional groups attached to an aromatic ring is 1. The lowest BCUT2D eigenvalue weighted by Crippen LogP contribution is -2.48. The van der Waals surface area contributed by atoms with Gasteiger partial charge >= 0.3 is 13.7 Å². The Labute approximate surface area is 189 Å². The van der Waals surface area contributed by atoms with E-state index in [9.17, 15) is 14.6 Å². The summed E-state index contributed by atoms with van der Waals surface area (Å²) in [6, 6.07) is 3.41. The molecule has 0 spiro atoms. The third-order valence-corrected chi connectivity index (χ3v) is 7.28. The fourth-order valence-corrected chi connectivity index (χ4v) is 5.71. The molecule has 4 heterocycles. The molecule has 1 unspecified atom stereocenters. The summed E-state index contributed by atoms with van der Waals surface area (Å²) < 4.78 is 37.3. The van der Waals surface area contributed by atoms with E-state index in [1.807, 2.05) is 0 Å². The lowest BCUT2D eigenvalue weighted by atomic mass is 9.90. The van der Waals surface area contributed by atoms with Crippen molar-refractivity contribution in [1.82, 2.24) is 19.7 Å². The van der Waals surface area contributed by atoms with Gasteiger partial charge in [-0.05, 0) is 32.9 Å². The van der Waals surface area contributed by atoms with Crippen LogP contribution in [0.4, 0.5) is 5.82 Å². The Morgan fingerprint density at radius 3 is 2.91 bits per heavy atom. The van der Waals surface area contributed by atoms with Crippen molar-refractivity contribution in [1.29, 1.82) is 5.26 Å². The number of hydrogen-bond acceptors (Lipinski definition) is 11. The highest BCUT2D eigenvalue weighted by molar-refractivity contribution is 7.51. The van der Waals surface area contributed by atoms with Crippen molar-refractivity contribution >= 4 is 25.1 Å². The van der Waals surface area contributed by atoms with Crippen LogP contribution in [0.25, 0.3) is 5.52 Å². The molecular formula is C19H26N7O6P. The van der Waals surface area contributed by atoms with Crippen LogP contribution in [-0.4, -0.2) is 57.6 Å². The summed E-state index contributed by atoms with van der Waals surface area (Å²) in [5.74, 6) is -0.380. The van der Waals surface area contributed by atoms with Crippen molar-refractivity contribution < 1.29 is 27.9 Å². The summed E-state index contributed by atoms with van der Waals surface area (Å²) in [6.07, 6.45) is -0.483. The fourth-order valence-electron chi connectivity index (χ4n) is 4.00. The zero-order chi connectivity index (χ0) is 24.0. The van der Waals surface area contributed by atoms with Crippen LogP contribution >= 0.6 is 7.75 Å². The second-order valence-corrected chi connectivity index (χ2v) is 9.94. The predicted octanol–water partition coefficient (Wildman–Crippen LogP) is 0.600. The Bertz CT molecular complexity index is 1150. The third kappa shape index (κ3) is 4.10. The number of hydrogen-bond donors (Lipinski definition) is 3. The largest absolute Gasteiger partial charge is 0.462 e. The maximum atomic E-state index is 13.4. The number of fused-ring (bicyclic) bond motifs is 2. The molecule has 2 aromatic rings. The van der Waals surface area contributed by atoms with E-state index in [-0.39, 0.29) is 24.9 Å². The van der Waals surface area contributed by atoms with Crippen molar-refractivity contribution in [2.45, 2.75) is 63.2 Å². The summed E-state index contributed by atoms with van der Waals surface area (Å²) >= 11 is 0. The van der Waals surface area contributed by atoms with Gasteiger partial charge in [-0.1, -0.05) is 0 Å². The molecule has 0 radical (unpaired) electrons. The van der Waals surface area contributed by atoms with Gasteiger partial charge in [-0.2, -0.15) is 10.4 Å². The topological polar surface area (TPSA) is 189 Å². The number of nitrogens with two attached hydrogens (primary N) is 2. The molecule has 0 saturated carbocycles. The Hall–Kier alpha value is -2.59. The molecule has 13 nitrogen and oxygen atoms in total. The first-order valence-electron chi connectivity index (χ1n) is 10.4. The lowest BCUT2D eigenvalue weighted by Gasteiger charge is -2.28. The van der Waals surface area contributed by atoms with Gasteiger partial charge in [0.2, 0.25) is 5.60 Å². The van der Waals surface area contributed by atoms with E-state index in [1.165, 1.54) is 17.8 Å². The van der Waals surface area contributed by atoms with Gasteiger partial charge in [0.05, 0.1) is 30.6 Å². The fraction of sp³-hybridized carbons (Fsp3) is 0.579. The molecule has 2 aliphatic heterocycles. The lowest BCUT2D eigenvalue weighted by molar-refractivity contribution is -0.149. The molecule has 2 saturated heterocycles. The van der Waals surface area contributed by atoms with Crippen LogP contribution < -0.4 is 16.6 Å². The average molecular weight is 479 g/mol. The van der Waals surface area contributed by atoms with Crippen LogP contribution in [-0.2, 0) is 33.5 Å². The van der Waals surface area contributed by atoms with E-state index in [0.717, 1.165) is 0 Å². The molecule has 5 N–H and O–H groups in total. The first-order valence-corrected chi connectivity index (χ1v) is 12.0. The Morgan fingerprint density at radius 2 is 2.21 bits per heavy atom. The summed E-state index contributed by atoms with van der Waals surface area (Å²) in [7, 11) is -3.99. The molecule has 4 rings (SSSR count). The molecule has 0 amide bonds. The normalized spacial score (nSPS) is 32.8. The van der Waals surface area contributed by atoms with Crippen LogP contribution in [0.15, 0.2) is 18.5 Å². The Balaban J connectivity index is 1.63. The zero-order valence-electron chi connectivity index (χ0n) is 18.4. The third-order valence-electron chi connectivity index (χ3n) is 5.54. The van der Waals surface area contributed by atoms with E-state index in [4.69, 9.17) is 30.0 Å². The van der Waals surface area contributed by atoms with Crippen LogP contribution in [0.5, 0.6) is 0 Å². The molecule has 6 atom stereocenters. The van der Waals surface area contributed by atoms with Crippen molar-refractivity contribution in [3.8, 4) is 6.07 Å². The Kier molecular flexibility index (Phi) is 6.17. The second-order valence-electron chi connectivity index (χ2n) is 8.22. The van der Waals surface area contributed by atoms with Gasteiger partial charge in [-0.3, -0.25) is 13.8 Å². The number of nitrogens with one attached hydrogen (secondary N) is 1. The molecule has 14 heteroatoms. The van der Waals surface area contributed by atoms with E-state index in [1.54, 1.807) is 26.0 Å². The highest BCUT2D eigenvalue weighted by Gasteiger charge is 2.59. The first-order chi connectivity index (χ1) is 15.6. The number of esters is 1. The molecule has 2 fully saturated rings. The van der Waals surface area contributed by atoms with Crippen LogP contribution in [0, 0.1) is 11.3 Å². The minimum absolute atomic E-state index is 0.00432. The maximum absolute atomic E-state index is 13.4. The predicted molar refractivity (Wildman–Crippen MR) is 114 cm³/mol. The SMILES string of the molecule is CC(C)OC(=O)[C@H](C)NP1(=O)OCC[C@H]2O[C@@](C#N)(c3ccc4c(N)ncnn34)[C@@H](N)[C@@H]2O1. The van der Waals surface area contributed by atoms with Crippen LogP contribution in [0.3, 0.4) is 0 Å². The number of ether oxygens (including phenoxy) is 2. The zero-order valence-corrected chi connectivity index (χ0v) is 19.3. The highest BCUT2D eigenvalue weighted by Crippen LogP contribution is 2.53. The number of anilines is 1. The first kappa shape index (κ1) is 23.6. The van der Waals surface area contributed by atoms with Crippen molar-refractivity contribution in [3.63, 3.8) is 0 Å². The molecular weight excluding hydrogens is 453 g/mol. The Morgan fingerprint density at radius 1 is 1.45 bits per heavy atom. The summed E-state index contributed by atoms with van der Waals surface area (Å²) in [4.78, 5) is 16.1. The molecule has 2 aromatic heterocycles. The van der Waals surface area contributed by atoms with Crippen LogP contribution in [0.1, 0.15) is 32.9 Å². The van der Waals surface area contributed by atoms with E-state index < -0.39 is 43.6 Å². The number of carbonyl (C=O) groups is 1. The average Bonchev–Trinajstić information content (AvgIpc) is 3.24. The highest BCUT2D eigenvalue weighted by atomic mass is 31.2. The maximum Gasteiger partial charge on any atom is 0.406 e. The smallest absolute Gasteiger partial charge is 0.406 e. The number of aromatic nitrogens is 3. The van der Waals surface area contributed by atoms with Crippen molar-refractivity contribution in [2.75, 3.05) is 12.3 Å². The van der Waals surface area contributed by atoms with Gasteiger partial charge in [0, 0.05) is 6.42 Å². The molecule has 178 valence electrons. The van der Waals surface area contributed by atoms with Gasteiger partial charge in [0.15, 0.2) is 5.82 Å². The molecule has 0 bridgehead atoms. The summed E-state index contributed by atoms with van der Waals surface area (Å²) in [5.41, 5.74) is 11.6. The number of nitriles is 1. The summed E-state index contributed by atoms with van der Waals surface area (Å²) in [6.45, 7) is 4.89. The standard InChI is InChI=1S/C19H26N7O6P/c1-10(2)30-18(27)11(3)25-33(28)29-7-6-13-15(32-33)16(21)19(8-20,31-13)14-5-4-12-17(22)23-9-24-26(12)14/h4-5,9-11,13,15-16H,6-7,21H2,1-3H3,(H,25,28)(H2,22,23,24)/t11-,13+,15+,16-,19-,33?/m0/s1.